The van der Waals surface area contributed by atoms with E-state index in [-0.39, 0.29) is 22.4 Å². The van der Waals surface area contributed by atoms with Gasteiger partial charge in [0.05, 0.1) is 16.9 Å². The van der Waals surface area contributed by atoms with Gasteiger partial charge < -0.3 is 20.4 Å². The minimum absolute atomic E-state index is 0.0625. The molecule has 3 N–H and O–H groups in total. The monoisotopic (exact) mass is 528 g/mol. The number of aromatic nitrogens is 2. The van der Waals surface area contributed by atoms with E-state index in [0.29, 0.717) is 40.6 Å². The van der Waals surface area contributed by atoms with Gasteiger partial charge in [0.15, 0.2) is 0 Å². The summed E-state index contributed by atoms with van der Waals surface area (Å²) < 4.78 is 42.8. The van der Waals surface area contributed by atoms with Crippen molar-refractivity contribution >= 4 is 39.7 Å². The zero-order chi connectivity index (χ0) is 26.7. The fraction of sp³-hybridized carbons (Fsp3) is 0.192. The number of carbonyl (C=O) groups is 1. The molecule has 7 nitrogen and oxygen atoms in total. The second-order valence-electron chi connectivity index (χ2n) is 8.65. The molecule has 4 rings (SSSR count). The predicted octanol–water partition coefficient (Wildman–Crippen LogP) is 7.17. The van der Waals surface area contributed by atoms with Crippen molar-refractivity contribution in [1.29, 1.82) is 0 Å². The van der Waals surface area contributed by atoms with E-state index in [1.165, 1.54) is 6.07 Å². The number of phenolic OH excluding ortho intramolecular Hbond substituents is 1. The highest BCUT2D eigenvalue weighted by atomic mass is 32.1. The molecule has 0 unspecified atom stereocenters. The summed E-state index contributed by atoms with van der Waals surface area (Å²) in [6, 6.07) is 18.3. The molecule has 0 aliphatic rings. The summed E-state index contributed by atoms with van der Waals surface area (Å²) in [6.45, 7) is 4.60. The molecule has 0 atom stereocenters. The molecule has 0 saturated heterocycles. The van der Waals surface area contributed by atoms with Gasteiger partial charge in [0, 0.05) is 23.8 Å². The Balaban J connectivity index is 1.86. The molecular weight excluding hydrogens is 505 g/mol. The molecule has 3 aromatic carbocycles. The van der Waals surface area contributed by atoms with Gasteiger partial charge in [0.25, 0.3) is 0 Å². The second kappa shape index (κ2) is 10.5. The minimum atomic E-state index is -4.68. The minimum Gasteiger partial charge on any atom is -0.508 e. The molecule has 0 spiro atoms. The van der Waals surface area contributed by atoms with Crippen molar-refractivity contribution in [2.24, 2.45) is 5.92 Å². The van der Waals surface area contributed by atoms with Crippen LogP contribution in [0.25, 0.3) is 11.1 Å². The molecule has 0 amide bonds. The number of rotatable bonds is 8. The molecule has 0 aliphatic carbocycles. The summed E-state index contributed by atoms with van der Waals surface area (Å²) in [5.74, 6) is -2.04. The Bertz CT molecular complexity index is 1400. The number of hydrogen-bond acceptors (Lipinski definition) is 7. The predicted molar refractivity (Wildman–Crippen MR) is 137 cm³/mol. The summed E-state index contributed by atoms with van der Waals surface area (Å²) in [7, 11) is 0. The lowest BCUT2D eigenvalue weighted by Gasteiger charge is -2.29. The number of carboxylic acid groups (broad SMARTS) is 1. The van der Waals surface area contributed by atoms with Crippen LogP contribution in [0, 0.1) is 5.92 Å². The molecule has 1 heterocycles. The van der Waals surface area contributed by atoms with Crippen molar-refractivity contribution in [2.45, 2.75) is 20.0 Å². The van der Waals surface area contributed by atoms with Gasteiger partial charge in [-0.2, -0.15) is 22.5 Å². The van der Waals surface area contributed by atoms with Gasteiger partial charge in [-0.05, 0) is 59.5 Å². The van der Waals surface area contributed by atoms with Gasteiger partial charge in [-0.3, -0.25) is 0 Å². The molecule has 0 saturated carbocycles. The van der Waals surface area contributed by atoms with Crippen LogP contribution in [0.15, 0.2) is 66.7 Å². The smallest absolute Gasteiger partial charge is 0.452 e. The summed E-state index contributed by atoms with van der Waals surface area (Å²) in [5.41, 5.74) is 2.89. The van der Waals surface area contributed by atoms with Crippen molar-refractivity contribution < 1.29 is 28.2 Å². The third-order valence-corrected chi connectivity index (χ3v) is 6.02. The number of halogens is 3. The molecule has 4 aromatic rings. The Hall–Kier alpha value is -4.12. The van der Waals surface area contributed by atoms with E-state index in [4.69, 9.17) is 0 Å². The Labute approximate surface area is 215 Å². The number of aromatic hydroxyl groups is 1. The van der Waals surface area contributed by atoms with Crippen molar-refractivity contribution in [1.82, 2.24) is 9.36 Å². The van der Waals surface area contributed by atoms with Gasteiger partial charge >= 0.3 is 12.1 Å². The maximum Gasteiger partial charge on any atom is 0.452 e. The van der Waals surface area contributed by atoms with E-state index >= 15 is 0 Å². The van der Waals surface area contributed by atoms with Crippen molar-refractivity contribution in [3.63, 3.8) is 0 Å². The van der Waals surface area contributed by atoms with Crippen molar-refractivity contribution in [2.75, 3.05) is 16.8 Å². The summed E-state index contributed by atoms with van der Waals surface area (Å²) in [4.78, 5) is 17.4. The first kappa shape index (κ1) is 26.0. The average Bonchev–Trinajstić information content (AvgIpc) is 3.32. The fourth-order valence-electron chi connectivity index (χ4n) is 3.81. The molecule has 0 radical (unpaired) electrons. The first-order valence-corrected chi connectivity index (χ1v) is 12.0. The van der Waals surface area contributed by atoms with Crippen LogP contribution in [0.4, 0.5) is 35.4 Å². The highest BCUT2D eigenvalue weighted by Crippen LogP contribution is 2.39. The molecule has 11 heteroatoms. The maximum absolute atomic E-state index is 13.1. The van der Waals surface area contributed by atoms with Gasteiger partial charge in [-0.25, -0.2) is 4.79 Å². The third kappa shape index (κ3) is 6.00. The van der Waals surface area contributed by atoms with E-state index in [9.17, 15) is 28.2 Å². The van der Waals surface area contributed by atoms with E-state index < -0.39 is 18.0 Å². The molecule has 37 heavy (non-hydrogen) atoms. The lowest BCUT2D eigenvalue weighted by molar-refractivity contribution is -0.144. The second-order valence-corrected chi connectivity index (χ2v) is 9.40. The van der Waals surface area contributed by atoms with Gasteiger partial charge in [-0.1, -0.05) is 38.1 Å². The first-order chi connectivity index (χ1) is 17.5. The van der Waals surface area contributed by atoms with Crippen molar-refractivity contribution in [3.05, 3.63) is 78.1 Å². The molecule has 0 bridgehead atoms. The summed E-state index contributed by atoms with van der Waals surface area (Å²) in [5, 5.41) is 22.3. The standard InChI is InChI=1S/C26H23F3N4O3S/c1-15(2)14-33(17-8-10-18(34)11-9-17)22-12-7-16(19-5-3-4-6-20(19)23(35)36)13-21(22)30-25-31-24(32-37-25)26(27,28)29/h3-13,15,34H,14H2,1-2H3,(H,35,36)(H,30,31,32). The number of hydrogen-bond donors (Lipinski definition) is 3. The third-order valence-electron chi connectivity index (χ3n) is 5.39. The van der Waals surface area contributed by atoms with E-state index in [1.807, 2.05) is 18.7 Å². The molecule has 192 valence electrons. The fourth-order valence-corrected chi connectivity index (χ4v) is 4.41. The highest BCUT2D eigenvalue weighted by molar-refractivity contribution is 7.09. The normalized spacial score (nSPS) is 11.5. The number of carboxylic acids is 1. The molecule has 0 aliphatic heterocycles. The van der Waals surface area contributed by atoms with Crippen LogP contribution in [0.3, 0.4) is 0 Å². The quantitative estimate of drug-likeness (QED) is 0.223. The van der Waals surface area contributed by atoms with Crippen LogP contribution >= 0.6 is 11.5 Å². The molecule has 1 aromatic heterocycles. The summed E-state index contributed by atoms with van der Waals surface area (Å²) >= 11 is 0.575. The maximum atomic E-state index is 13.1. The Kier molecular flexibility index (Phi) is 7.35. The van der Waals surface area contributed by atoms with E-state index in [1.54, 1.807) is 60.7 Å². The Morgan fingerprint density at radius 3 is 2.41 bits per heavy atom. The van der Waals surface area contributed by atoms with Gasteiger partial charge in [0.2, 0.25) is 11.0 Å². The Morgan fingerprint density at radius 1 is 1.08 bits per heavy atom. The lowest BCUT2D eigenvalue weighted by atomic mass is 9.98. The molecule has 0 fully saturated rings. The number of alkyl halides is 3. The van der Waals surface area contributed by atoms with E-state index in [2.05, 4.69) is 14.7 Å². The number of anilines is 4. The van der Waals surface area contributed by atoms with Crippen LogP contribution in [0.5, 0.6) is 5.75 Å². The van der Waals surface area contributed by atoms with Gasteiger partial charge in [0.1, 0.15) is 5.75 Å². The van der Waals surface area contributed by atoms with Crippen LogP contribution in [-0.2, 0) is 6.18 Å². The Morgan fingerprint density at radius 2 is 1.78 bits per heavy atom. The van der Waals surface area contributed by atoms with Crippen LogP contribution in [0.2, 0.25) is 0 Å². The largest absolute Gasteiger partial charge is 0.508 e. The number of aromatic carboxylic acids is 1. The SMILES string of the molecule is CC(C)CN(c1ccc(O)cc1)c1ccc(-c2ccccc2C(=O)O)cc1Nc1nc(C(F)(F)F)ns1. The van der Waals surface area contributed by atoms with E-state index in [0.717, 1.165) is 5.69 Å². The first-order valence-electron chi connectivity index (χ1n) is 11.2. The zero-order valence-corrected chi connectivity index (χ0v) is 20.6. The topological polar surface area (TPSA) is 98.6 Å². The van der Waals surface area contributed by atoms with Crippen molar-refractivity contribution in [3.8, 4) is 16.9 Å². The number of phenols is 1. The molecular formula is C26H23F3N4O3S. The van der Waals surface area contributed by atoms with Crippen LogP contribution < -0.4 is 10.2 Å². The number of nitrogens with one attached hydrogen (secondary N) is 1. The van der Waals surface area contributed by atoms with Crippen LogP contribution in [0.1, 0.15) is 30.0 Å². The lowest BCUT2D eigenvalue weighted by Crippen LogP contribution is -2.23. The average molecular weight is 529 g/mol. The summed E-state index contributed by atoms with van der Waals surface area (Å²) in [6.07, 6.45) is -4.68. The number of nitrogens with zero attached hydrogens (tertiary/aromatic N) is 3. The highest BCUT2D eigenvalue weighted by Gasteiger charge is 2.36. The number of benzene rings is 3. The van der Waals surface area contributed by atoms with Gasteiger partial charge in [-0.15, -0.1) is 0 Å². The van der Waals surface area contributed by atoms with Crippen LogP contribution in [-0.4, -0.2) is 32.1 Å². The zero-order valence-electron chi connectivity index (χ0n) is 19.8.